The first kappa shape index (κ1) is 8.94. The van der Waals surface area contributed by atoms with Crippen molar-refractivity contribution in [2.45, 2.75) is 31.7 Å². The number of imidazole rings is 1. The predicted molar refractivity (Wildman–Crippen MR) is 52.8 cm³/mol. The summed E-state index contributed by atoms with van der Waals surface area (Å²) in [6.07, 6.45) is 7.36. The molecule has 1 aromatic rings. The SMILES string of the molecule is O=Cc1ncc(Br)n1C1CCCC1. The third-order valence-electron chi connectivity index (χ3n) is 2.58. The van der Waals surface area contributed by atoms with Crippen LogP contribution in [-0.4, -0.2) is 15.8 Å². The fourth-order valence-electron chi connectivity index (χ4n) is 1.96. The Bertz CT molecular complexity index is 315. The van der Waals surface area contributed by atoms with Crippen LogP contribution in [0.5, 0.6) is 0 Å². The maximum absolute atomic E-state index is 10.7. The molecule has 1 aromatic heterocycles. The number of nitrogens with zero attached hydrogens (tertiary/aromatic N) is 2. The van der Waals surface area contributed by atoms with Crippen molar-refractivity contribution in [2.75, 3.05) is 0 Å². The molecule has 0 N–H and O–H groups in total. The smallest absolute Gasteiger partial charge is 0.185 e. The molecule has 3 nitrogen and oxygen atoms in total. The number of hydrogen-bond donors (Lipinski definition) is 0. The predicted octanol–water partition coefficient (Wildman–Crippen LogP) is 2.57. The number of carbonyl (C=O) groups excluding carboxylic acids is 1. The zero-order valence-electron chi connectivity index (χ0n) is 7.24. The number of aromatic nitrogens is 2. The molecule has 0 unspecified atom stereocenters. The highest BCUT2D eigenvalue weighted by atomic mass is 79.9. The van der Waals surface area contributed by atoms with E-state index in [2.05, 4.69) is 20.9 Å². The van der Waals surface area contributed by atoms with E-state index in [0.29, 0.717) is 11.9 Å². The van der Waals surface area contributed by atoms with E-state index in [1.807, 2.05) is 4.57 Å². The fraction of sp³-hybridized carbons (Fsp3) is 0.556. The molecule has 0 radical (unpaired) electrons. The molecule has 0 bridgehead atoms. The summed E-state index contributed by atoms with van der Waals surface area (Å²) in [5, 5.41) is 0. The van der Waals surface area contributed by atoms with Crippen molar-refractivity contribution >= 4 is 22.2 Å². The molecule has 0 atom stereocenters. The van der Waals surface area contributed by atoms with Gasteiger partial charge in [0.25, 0.3) is 0 Å². The standard InChI is InChI=1S/C9H11BrN2O/c10-8-5-11-9(6-13)12(8)7-3-1-2-4-7/h5-7H,1-4H2. The Balaban J connectivity index is 2.35. The summed E-state index contributed by atoms with van der Waals surface area (Å²) in [7, 11) is 0. The van der Waals surface area contributed by atoms with Crippen molar-refractivity contribution in [1.29, 1.82) is 0 Å². The first-order valence-electron chi connectivity index (χ1n) is 4.51. The summed E-state index contributed by atoms with van der Waals surface area (Å²) in [5.74, 6) is 0.541. The number of carbonyl (C=O) groups is 1. The molecular formula is C9H11BrN2O. The van der Waals surface area contributed by atoms with Crippen molar-refractivity contribution < 1.29 is 4.79 Å². The second kappa shape index (κ2) is 3.62. The molecule has 13 heavy (non-hydrogen) atoms. The lowest BCUT2D eigenvalue weighted by Gasteiger charge is -2.13. The van der Waals surface area contributed by atoms with Gasteiger partial charge >= 0.3 is 0 Å². The van der Waals surface area contributed by atoms with Crippen LogP contribution in [0.2, 0.25) is 0 Å². The summed E-state index contributed by atoms with van der Waals surface area (Å²) in [5.41, 5.74) is 0. The van der Waals surface area contributed by atoms with Crippen LogP contribution in [0.15, 0.2) is 10.8 Å². The molecule has 1 saturated carbocycles. The highest BCUT2D eigenvalue weighted by Gasteiger charge is 2.21. The van der Waals surface area contributed by atoms with Gasteiger partial charge in [0.15, 0.2) is 12.1 Å². The van der Waals surface area contributed by atoms with Gasteiger partial charge in [-0.2, -0.15) is 0 Å². The fourth-order valence-corrected chi connectivity index (χ4v) is 2.54. The Morgan fingerprint density at radius 3 is 2.85 bits per heavy atom. The molecule has 1 fully saturated rings. The molecule has 70 valence electrons. The zero-order valence-corrected chi connectivity index (χ0v) is 8.83. The first-order chi connectivity index (χ1) is 6.33. The number of halogens is 1. The van der Waals surface area contributed by atoms with Crippen LogP contribution in [-0.2, 0) is 0 Å². The zero-order chi connectivity index (χ0) is 9.26. The van der Waals surface area contributed by atoms with Gasteiger partial charge in [-0.3, -0.25) is 4.79 Å². The summed E-state index contributed by atoms with van der Waals surface area (Å²) in [6.45, 7) is 0. The van der Waals surface area contributed by atoms with Gasteiger partial charge < -0.3 is 4.57 Å². The first-order valence-corrected chi connectivity index (χ1v) is 5.30. The largest absolute Gasteiger partial charge is 0.313 e. The maximum Gasteiger partial charge on any atom is 0.185 e. The Morgan fingerprint density at radius 2 is 2.23 bits per heavy atom. The van der Waals surface area contributed by atoms with Crippen molar-refractivity contribution in [3.8, 4) is 0 Å². The van der Waals surface area contributed by atoms with Crippen molar-refractivity contribution in [1.82, 2.24) is 9.55 Å². The van der Waals surface area contributed by atoms with Gasteiger partial charge in [-0.25, -0.2) is 4.98 Å². The van der Waals surface area contributed by atoms with Gasteiger partial charge in [-0.05, 0) is 28.8 Å². The quantitative estimate of drug-likeness (QED) is 0.748. The van der Waals surface area contributed by atoms with Gasteiger partial charge in [0.1, 0.15) is 4.60 Å². The highest BCUT2D eigenvalue weighted by Crippen LogP contribution is 2.32. The molecule has 0 aliphatic heterocycles. The van der Waals surface area contributed by atoms with Crippen LogP contribution in [0.4, 0.5) is 0 Å². The molecule has 4 heteroatoms. The van der Waals surface area contributed by atoms with E-state index in [1.54, 1.807) is 6.20 Å². The average molecular weight is 243 g/mol. The third kappa shape index (κ3) is 1.55. The normalized spacial score (nSPS) is 17.9. The van der Waals surface area contributed by atoms with Crippen molar-refractivity contribution in [2.24, 2.45) is 0 Å². The van der Waals surface area contributed by atoms with Crippen molar-refractivity contribution in [3.05, 3.63) is 16.6 Å². The molecular weight excluding hydrogens is 232 g/mol. The van der Waals surface area contributed by atoms with E-state index < -0.39 is 0 Å². The van der Waals surface area contributed by atoms with Gasteiger partial charge in [0.2, 0.25) is 0 Å². The molecule has 0 aromatic carbocycles. The van der Waals surface area contributed by atoms with Gasteiger partial charge in [-0.1, -0.05) is 12.8 Å². The van der Waals surface area contributed by atoms with E-state index >= 15 is 0 Å². The molecule has 1 aliphatic rings. The molecule has 1 aliphatic carbocycles. The van der Waals surface area contributed by atoms with Crippen LogP contribution in [0.25, 0.3) is 0 Å². The highest BCUT2D eigenvalue weighted by molar-refractivity contribution is 9.10. The number of hydrogen-bond acceptors (Lipinski definition) is 2. The van der Waals surface area contributed by atoms with E-state index in [4.69, 9.17) is 0 Å². The third-order valence-corrected chi connectivity index (χ3v) is 3.16. The van der Waals surface area contributed by atoms with Gasteiger partial charge in [0, 0.05) is 6.04 Å². The van der Waals surface area contributed by atoms with Crippen LogP contribution < -0.4 is 0 Å². The van der Waals surface area contributed by atoms with Crippen LogP contribution in [0.3, 0.4) is 0 Å². The minimum Gasteiger partial charge on any atom is -0.313 e. The second-order valence-electron chi connectivity index (χ2n) is 3.37. The molecule has 0 saturated heterocycles. The summed E-state index contributed by atoms with van der Waals surface area (Å²) >= 11 is 3.41. The Morgan fingerprint density at radius 1 is 1.54 bits per heavy atom. The lowest BCUT2D eigenvalue weighted by Crippen LogP contribution is -2.08. The Kier molecular flexibility index (Phi) is 2.49. The lowest BCUT2D eigenvalue weighted by atomic mass is 10.2. The average Bonchev–Trinajstić information content (AvgIpc) is 2.72. The topological polar surface area (TPSA) is 34.9 Å². The summed E-state index contributed by atoms with van der Waals surface area (Å²) < 4.78 is 2.92. The molecule has 0 amide bonds. The van der Waals surface area contributed by atoms with Crippen LogP contribution in [0.1, 0.15) is 42.3 Å². The van der Waals surface area contributed by atoms with E-state index in [1.165, 1.54) is 12.8 Å². The Hall–Kier alpha value is -0.640. The van der Waals surface area contributed by atoms with Crippen LogP contribution >= 0.6 is 15.9 Å². The van der Waals surface area contributed by atoms with Crippen molar-refractivity contribution in [3.63, 3.8) is 0 Å². The maximum atomic E-state index is 10.7. The van der Waals surface area contributed by atoms with E-state index in [9.17, 15) is 4.79 Å². The minimum atomic E-state index is 0.470. The minimum absolute atomic E-state index is 0.470. The van der Waals surface area contributed by atoms with Crippen LogP contribution in [0, 0.1) is 0 Å². The van der Waals surface area contributed by atoms with Gasteiger partial charge in [0.05, 0.1) is 6.20 Å². The monoisotopic (exact) mass is 242 g/mol. The number of rotatable bonds is 2. The Labute approximate surface area is 85.3 Å². The number of aldehydes is 1. The molecule has 1 heterocycles. The second-order valence-corrected chi connectivity index (χ2v) is 4.18. The van der Waals surface area contributed by atoms with E-state index in [0.717, 1.165) is 23.7 Å². The van der Waals surface area contributed by atoms with Gasteiger partial charge in [-0.15, -0.1) is 0 Å². The molecule has 0 spiro atoms. The summed E-state index contributed by atoms with van der Waals surface area (Å²) in [6, 6.07) is 0.470. The van der Waals surface area contributed by atoms with E-state index in [-0.39, 0.29) is 0 Å². The lowest BCUT2D eigenvalue weighted by molar-refractivity contribution is 0.110. The summed E-state index contributed by atoms with van der Waals surface area (Å²) in [4.78, 5) is 14.7. The molecule has 2 rings (SSSR count).